The summed E-state index contributed by atoms with van der Waals surface area (Å²) in [6, 6.07) is 13.8. The van der Waals surface area contributed by atoms with E-state index in [4.69, 9.17) is 27.6 Å². The molecule has 0 aliphatic carbocycles. The van der Waals surface area contributed by atoms with Crippen LogP contribution in [0.2, 0.25) is 0 Å². The fourth-order valence-electron chi connectivity index (χ4n) is 2.98. The van der Waals surface area contributed by atoms with E-state index in [-0.39, 0.29) is 30.3 Å². The Morgan fingerprint density at radius 3 is 2.09 bits per heavy atom. The van der Waals surface area contributed by atoms with E-state index < -0.39 is 31.6 Å². The first kappa shape index (κ1) is 24.6. The van der Waals surface area contributed by atoms with Crippen molar-refractivity contribution in [1.82, 2.24) is 4.98 Å². The van der Waals surface area contributed by atoms with Gasteiger partial charge in [0.2, 0.25) is 25.9 Å². The van der Waals surface area contributed by atoms with Gasteiger partial charge in [0.05, 0.1) is 17.2 Å². The summed E-state index contributed by atoms with van der Waals surface area (Å²) < 4.78 is 57.7. The third kappa shape index (κ3) is 6.04. The number of rotatable bonds is 11. The van der Waals surface area contributed by atoms with Gasteiger partial charge in [-0.1, -0.05) is 30.3 Å². The molecule has 7 nitrogen and oxygen atoms in total. The van der Waals surface area contributed by atoms with Crippen LogP contribution in [0.4, 0.5) is 5.69 Å². The predicted molar refractivity (Wildman–Crippen MR) is 130 cm³/mol. The maximum atomic E-state index is 12.9. The summed E-state index contributed by atoms with van der Waals surface area (Å²) in [5.41, 5.74) is 1.66. The quantitative estimate of drug-likeness (QED) is 0.342. The Labute approximate surface area is 197 Å². The van der Waals surface area contributed by atoms with Gasteiger partial charge in [-0.15, -0.1) is 23.2 Å². The van der Waals surface area contributed by atoms with Crippen LogP contribution in [0.1, 0.15) is 24.3 Å². The van der Waals surface area contributed by atoms with Gasteiger partial charge in [-0.05, 0) is 42.7 Å². The molecule has 2 aromatic carbocycles. The molecule has 0 aliphatic rings. The fraction of sp³-hybridized carbons (Fsp3) is 0.286. The van der Waals surface area contributed by atoms with Crippen LogP contribution in [-0.2, 0) is 20.0 Å². The second kappa shape index (κ2) is 10.7. The van der Waals surface area contributed by atoms with Crippen LogP contribution in [-0.4, -0.2) is 45.1 Å². The SMILES string of the molecule is O=S(=O)(CCCCl)N(c1ccc2oc(/C=C/c3ccccc3)nc2c1)S(=O)(=O)CCCCl. The molecule has 11 heteroatoms. The third-order valence-corrected chi connectivity index (χ3v) is 9.33. The van der Waals surface area contributed by atoms with Gasteiger partial charge < -0.3 is 4.42 Å². The summed E-state index contributed by atoms with van der Waals surface area (Å²) >= 11 is 11.3. The zero-order chi connectivity index (χ0) is 23.2. The monoisotopic (exact) mass is 516 g/mol. The zero-order valence-corrected chi connectivity index (χ0v) is 20.2. The first-order valence-corrected chi connectivity index (χ1v) is 14.1. The molecule has 0 aliphatic heterocycles. The van der Waals surface area contributed by atoms with Gasteiger partial charge in [0.1, 0.15) is 5.52 Å². The summed E-state index contributed by atoms with van der Waals surface area (Å²) in [4.78, 5) is 4.35. The van der Waals surface area contributed by atoms with Gasteiger partial charge in [0.15, 0.2) is 5.58 Å². The van der Waals surface area contributed by atoms with E-state index in [1.807, 2.05) is 36.4 Å². The Balaban J connectivity index is 2.00. The molecule has 0 N–H and O–H groups in total. The lowest BCUT2D eigenvalue weighted by atomic mass is 10.2. The topological polar surface area (TPSA) is 97.6 Å². The molecule has 172 valence electrons. The normalized spacial score (nSPS) is 12.6. The van der Waals surface area contributed by atoms with Gasteiger partial charge in [-0.25, -0.2) is 21.8 Å². The minimum absolute atomic E-state index is 0.0338. The largest absolute Gasteiger partial charge is 0.437 e. The lowest BCUT2D eigenvalue weighted by Gasteiger charge is -2.23. The summed E-state index contributed by atoms with van der Waals surface area (Å²) in [6.07, 6.45) is 3.74. The highest BCUT2D eigenvalue weighted by atomic mass is 35.5. The Kier molecular flexibility index (Phi) is 8.21. The zero-order valence-electron chi connectivity index (χ0n) is 17.0. The van der Waals surface area contributed by atoms with E-state index in [1.54, 1.807) is 6.08 Å². The lowest BCUT2D eigenvalue weighted by Crippen LogP contribution is -2.40. The summed E-state index contributed by atoms with van der Waals surface area (Å²) in [7, 11) is -8.38. The van der Waals surface area contributed by atoms with E-state index in [2.05, 4.69) is 4.98 Å². The van der Waals surface area contributed by atoms with Crippen molar-refractivity contribution in [2.24, 2.45) is 0 Å². The van der Waals surface area contributed by atoms with Crippen molar-refractivity contribution in [1.29, 1.82) is 0 Å². The number of hydrogen-bond acceptors (Lipinski definition) is 6. The van der Waals surface area contributed by atoms with Crippen molar-refractivity contribution < 1.29 is 21.3 Å². The maximum Gasteiger partial charge on any atom is 0.248 e. The number of benzene rings is 2. The first-order valence-electron chi connectivity index (χ1n) is 9.78. The second-order valence-corrected chi connectivity index (χ2v) is 11.7. The number of hydrogen-bond donors (Lipinski definition) is 0. The molecule has 1 heterocycles. The van der Waals surface area contributed by atoms with E-state index in [1.165, 1.54) is 18.2 Å². The molecule has 0 bridgehead atoms. The highest BCUT2D eigenvalue weighted by molar-refractivity contribution is 8.10. The molecule has 32 heavy (non-hydrogen) atoms. The van der Waals surface area contributed by atoms with Gasteiger partial charge in [-0.3, -0.25) is 0 Å². The minimum atomic E-state index is -4.19. The molecule has 3 aromatic rings. The minimum Gasteiger partial charge on any atom is -0.437 e. The van der Waals surface area contributed by atoms with Crippen LogP contribution in [0.5, 0.6) is 0 Å². The van der Waals surface area contributed by atoms with Gasteiger partial charge in [0, 0.05) is 17.8 Å². The highest BCUT2D eigenvalue weighted by Gasteiger charge is 2.33. The number of fused-ring (bicyclic) bond motifs is 1. The number of sulfonamides is 2. The molecule has 0 spiro atoms. The van der Waals surface area contributed by atoms with E-state index >= 15 is 0 Å². The molecular formula is C21H22Cl2N2O5S2. The molecule has 0 unspecified atom stereocenters. The first-order chi connectivity index (χ1) is 15.3. The number of oxazole rings is 1. The second-order valence-electron chi connectivity index (χ2n) is 6.86. The van der Waals surface area contributed by atoms with E-state index in [0.717, 1.165) is 5.56 Å². The molecule has 0 amide bonds. The van der Waals surface area contributed by atoms with E-state index in [0.29, 0.717) is 20.7 Å². The summed E-state index contributed by atoms with van der Waals surface area (Å²) in [5.74, 6) is -0.318. The number of halogens is 2. The van der Waals surface area contributed by atoms with Crippen molar-refractivity contribution >= 4 is 72.2 Å². The molecule has 1 aromatic heterocycles. The molecule has 0 saturated heterocycles. The molecule has 0 atom stereocenters. The van der Waals surface area contributed by atoms with Gasteiger partial charge in [0.25, 0.3) is 0 Å². The van der Waals surface area contributed by atoms with Crippen molar-refractivity contribution in [2.45, 2.75) is 12.8 Å². The summed E-state index contributed by atoms with van der Waals surface area (Å²) in [6.45, 7) is 0. The average Bonchev–Trinajstić information content (AvgIpc) is 3.17. The summed E-state index contributed by atoms with van der Waals surface area (Å²) in [5, 5.41) is 0. The van der Waals surface area contributed by atoms with Gasteiger partial charge >= 0.3 is 0 Å². The molecule has 0 radical (unpaired) electrons. The van der Waals surface area contributed by atoms with Crippen molar-refractivity contribution in [2.75, 3.05) is 27.0 Å². The Morgan fingerprint density at radius 1 is 0.875 bits per heavy atom. The van der Waals surface area contributed by atoms with Crippen molar-refractivity contribution in [3.05, 3.63) is 60.0 Å². The average molecular weight is 517 g/mol. The molecular weight excluding hydrogens is 495 g/mol. The van der Waals surface area contributed by atoms with Crippen LogP contribution in [0.15, 0.2) is 52.9 Å². The number of anilines is 1. The standard InChI is InChI=1S/C21H22Cl2N2O5S2/c22-12-4-14-31(26,27)25(32(28,29)15-5-13-23)18-9-10-20-19(16-18)24-21(30-20)11-8-17-6-2-1-3-7-17/h1-3,6-11,16H,4-5,12-15H2/b11-8+. The smallest absolute Gasteiger partial charge is 0.248 e. The Hall–Kier alpha value is -2.07. The van der Waals surface area contributed by atoms with Crippen LogP contribution in [0, 0.1) is 0 Å². The fourth-order valence-corrected chi connectivity index (χ4v) is 7.62. The maximum absolute atomic E-state index is 12.9. The van der Waals surface area contributed by atoms with Crippen LogP contribution < -0.4 is 3.71 Å². The third-order valence-electron chi connectivity index (χ3n) is 4.39. The predicted octanol–water partition coefficient (Wildman–Crippen LogP) is 4.72. The van der Waals surface area contributed by atoms with Crippen LogP contribution in [0.3, 0.4) is 0 Å². The van der Waals surface area contributed by atoms with Crippen LogP contribution in [0.25, 0.3) is 23.3 Å². The van der Waals surface area contributed by atoms with Gasteiger partial charge in [-0.2, -0.15) is 3.71 Å². The Bertz CT molecular complexity index is 1250. The van der Waals surface area contributed by atoms with Crippen LogP contribution >= 0.6 is 23.2 Å². The van der Waals surface area contributed by atoms with Crippen molar-refractivity contribution in [3.63, 3.8) is 0 Å². The molecule has 0 saturated carbocycles. The number of aromatic nitrogens is 1. The number of nitrogens with zero attached hydrogens (tertiary/aromatic N) is 2. The molecule has 3 rings (SSSR count). The Morgan fingerprint density at radius 2 is 1.50 bits per heavy atom. The number of alkyl halides is 2. The van der Waals surface area contributed by atoms with E-state index in [9.17, 15) is 16.8 Å². The molecule has 0 fully saturated rings. The lowest BCUT2D eigenvalue weighted by molar-refractivity contribution is 0.582. The van der Waals surface area contributed by atoms with Crippen molar-refractivity contribution in [3.8, 4) is 0 Å². The highest BCUT2D eigenvalue weighted by Crippen LogP contribution is 2.28.